The Morgan fingerprint density at radius 2 is 2.23 bits per heavy atom. The molecule has 1 spiro atoms. The number of benzene rings is 1. The van der Waals surface area contributed by atoms with Crippen molar-refractivity contribution in [3.05, 3.63) is 35.4 Å². The molecule has 134 valence electrons. The molecule has 5 nitrogen and oxygen atoms in total. The minimum absolute atomic E-state index is 0.0374. The minimum Gasteiger partial charge on any atom is -0.508 e. The summed E-state index contributed by atoms with van der Waals surface area (Å²) in [6, 6.07) is 6.31. The zero-order valence-corrected chi connectivity index (χ0v) is 14.6. The lowest BCUT2D eigenvalue weighted by Gasteiger charge is -2.58. The van der Waals surface area contributed by atoms with Crippen LogP contribution in [0, 0.1) is 11.8 Å². The first-order valence-corrected chi connectivity index (χ1v) is 9.88. The van der Waals surface area contributed by atoms with Gasteiger partial charge in [-0.2, -0.15) is 0 Å². The predicted molar refractivity (Wildman–Crippen MR) is 95.1 cm³/mol. The molecular formula is C21H22N2O3. The normalized spacial score (nSPS) is 44.6. The maximum absolute atomic E-state index is 13.2. The van der Waals surface area contributed by atoms with E-state index in [9.17, 15) is 9.90 Å². The van der Waals surface area contributed by atoms with E-state index in [-0.39, 0.29) is 23.5 Å². The first-order chi connectivity index (χ1) is 12.7. The van der Waals surface area contributed by atoms with Gasteiger partial charge in [0.2, 0.25) is 5.91 Å². The van der Waals surface area contributed by atoms with Gasteiger partial charge in [0.05, 0.1) is 25.2 Å². The number of phenols is 1. The fraction of sp³-hybridized carbons (Fsp3) is 0.571. The second-order valence-electron chi connectivity index (χ2n) is 8.96. The van der Waals surface area contributed by atoms with Crippen LogP contribution in [0.25, 0.3) is 0 Å². The summed E-state index contributed by atoms with van der Waals surface area (Å²) < 4.78 is 6.22. The van der Waals surface area contributed by atoms with Crippen LogP contribution >= 0.6 is 0 Å². The number of carbonyl (C=O) groups excluding carboxylic acids is 1. The van der Waals surface area contributed by atoms with Crippen molar-refractivity contribution in [3.63, 3.8) is 0 Å². The molecule has 1 saturated carbocycles. The van der Waals surface area contributed by atoms with E-state index in [1.165, 1.54) is 17.6 Å². The van der Waals surface area contributed by atoms with Crippen LogP contribution < -0.4 is 4.90 Å². The number of hydrogen-bond donors (Lipinski definition) is 1. The Morgan fingerprint density at radius 1 is 1.31 bits per heavy atom. The average Bonchev–Trinajstić information content (AvgIpc) is 3.09. The van der Waals surface area contributed by atoms with E-state index in [0.29, 0.717) is 36.7 Å². The number of ether oxygens (including phenoxy) is 1. The highest BCUT2D eigenvalue weighted by molar-refractivity contribution is 5.99. The number of piperidine rings is 2. The van der Waals surface area contributed by atoms with Crippen molar-refractivity contribution in [2.75, 3.05) is 24.6 Å². The topological polar surface area (TPSA) is 53.0 Å². The molecule has 0 radical (unpaired) electrons. The quantitative estimate of drug-likeness (QED) is 0.725. The van der Waals surface area contributed by atoms with Gasteiger partial charge in [0.15, 0.2) is 0 Å². The number of anilines is 1. The van der Waals surface area contributed by atoms with Gasteiger partial charge in [-0.3, -0.25) is 9.69 Å². The van der Waals surface area contributed by atoms with Crippen molar-refractivity contribution in [1.29, 1.82) is 0 Å². The Kier molecular flexibility index (Phi) is 2.38. The van der Waals surface area contributed by atoms with Crippen molar-refractivity contribution >= 4 is 11.6 Å². The van der Waals surface area contributed by atoms with Crippen LogP contribution in [0.1, 0.15) is 24.8 Å². The van der Waals surface area contributed by atoms with Crippen LogP contribution in [0.2, 0.25) is 0 Å². The molecule has 0 aromatic heterocycles. The first kappa shape index (κ1) is 14.2. The SMILES string of the molecule is O=C1C[C@@H]2OCC=C3CN4CC[C@]56c7cc(O)ccc7N1[C@H]5[C@H]2[C@H]3C[C@H]46. The van der Waals surface area contributed by atoms with E-state index in [4.69, 9.17) is 4.74 Å². The van der Waals surface area contributed by atoms with E-state index in [0.717, 1.165) is 25.2 Å². The molecule has 6 atom stereocenters. The summed E-state index contributed by atoms with van der Waals surface area (Å²) in [7, 11) is 0. The summed E-state index contributed by atoms with van der Waals surface area (Å²) in [6.07, 6.45) is 5.07. The number of hydrogen-bond acceptors (Lipinski definition) is 4. The summed E-state index contributed by atoms with van der Waals surface area (Å²) in [5.41, 5.74) is 3.75. The molecule has 7 rings (SSSR count). The van der Waals surface area contributed by atoms with Crippen molar-refractivity contribution in [1.82, 2.24) is 4.90 Å². The van der Waals surface area contributed by atoms with E-state index in [2.05, 4.69) is 15.9 Å². The van der Waals surface area contributed by atoms with Crippen LogP contribution in [0.5, 0.6) is 5.75 Å². The summed E-state index contributed by atoms with van der Waals surface area (Å²) >= 11 is 0. The van der Waals surface area contributed by atoms with Gasteiger partial charge in [0.1, 0.15) is 5.75 Å². The Hall–Kier alpha value is -1.85. The summed E-state index contributed by atoms with van der Waals surface area (Å²) in [4.78, 5) is 17.9. The van der Waals surface area contributed by atoms with E-state index in [1.54, 1.807) is 6.07 Å². The molecule has 1 amide bonds. The fourth-order valence-electron chi connectivity index (χ4n) is 7.54. The van der Waals surface area contributed by atoms with Crippen LogP contribution in [0.15, 0.2) is 29.8 Å². The van der Waals surface area contributed by atoms with Crippen LogP contribution in [-0.4, -0.2) is 53.8 Å². The molecular weight excluding hydrogens is 328 g/mol. The Bertz CT molecular complexity index is 895. The second kappa shape index (κ2) is 4.34. The number of carbonyl (C=O) groups is 1. The third-order valence-corrected chi connectivity index (χ3v) is 8.29. The molecule has 5 aliphatic heterocycles. The number of phenolic OH excluding ortho intramolecular Hbond substituents is 1. The molecule has 3 saturated heterocycles. The maximum Gasteiger partial charge on any atom is 0.229 e. The molecule has 5 heterocycles. The molecule has 1 N–H and O–H groups in total. The Morgan fingerprint density at radius 3 is 3.15 bits per heavy atom. The number of fused-ring (bicyclic) bond motifs is 2. The van der Waals surface area contributed by atoms with E-state index >= 15 is 0 Å². The lowest BCUT2D eigenvalue weighted by Crippen LogP contribution is -2.69. The van der Waals surface area contributed by atoms with Crippen LogP contribution in [0.3, 0.4) is 0 Å². The smallest absolute Gasteiger partial charge is 0.229 e. The van der Waals surface area contributed by atoms with Gasteiger partial charge < -0.3 is 14.7 Å². The molecule has 4 fully saturated rings. The number of aromatic hydroxyl groups is 1. The highest BCUT2D eigenvalue weighted by Gasteiger charge is 2.71. The third-order valence-electron chi connectivity index (χ3n) is 8.29. The molecule has 6 aliphatic rings. The maximum atomic E-state index is 13.2. The minimum atomic E-state index is -0.0389. The number of amides is 1. The summed E-state index contributed by atoms with van der Waals surface area (Å²) in [5.74, 6) is 1.43. The largest absolute Gasteiger partial charge is 0.508 e. The van der Waals surface area contributed by atoms with Gasteiger partial charge in [-0.05, 0) is 49.1 Å². The monoisotopic (exact) mass is 350 g/mol. The van der Waals surface area contributed by atoms with Gasteiger partial charge in [-0.1, -0.05) is 11.6 Å². The molecule has 0 unspecified atom stereocenters. The number of rotatable bonds is 0. The standard InChI is InChI=1S/C21H22N2O3/c24-12-1-2-15-14(7-12)21-4-5-22-10-11-3-6-26-16-9-18(25)23(15)20(21)19(16)13(11)8-17(21)22/h1-3,7,13,16-17,19-20,24H,4-6,8-10H2/t13-,16-,17-,19-,20-,21+/m0/s1. The fourth-order valence-corrected chi connectivity index (χ4v) is 7.54. The van der Waals surface area contributed by atoms with E-state index in [1.807, 2.05) is 12.1 Å². The molecule has 26 heavy (non-hydrogen) atoms. The molecule has 1 aliphatic carbocycles. The van der Waals surface area contributed by atoms with Crippen molar-refractivity contribution in [2.24, 2.45) is 11.8 Å². The summed E-state index contributed by atoms with van der Waals surface area (Å²) in [6.45, 7) is 2.78. The second-order valence-corrected chi connectivity index (χ2v) is 8.96. The lowest BCUT2D eigenvalue weighted by atomic mass is 9.53. The van der Waals surface area contributed by atoms with Gasteiger partial charge >= 0.3 is 0 Å². The summed E-state index contributed by atoms with van der Waals surface area (Å²) in [5, 5.41) is 10.2. The van der Waals surface area contributed by atoms with Crippen LogP contribution in [-0.2, 0) is 14.9 Å². The third kappa shape index (κ3) is 1.37. The predicted octanol–water partition coefficient (Wildman–Crippen LogP) is 1.80. The van der Waals surface area contributed by atoms with Gasteiger partial charge in [-0.25, -0.2) is 0 Å². The Balaban J connectivity index is 1.55. The van der Waals surface area contributed by atoms with Gasteiger partial charge in [-0.15, -0.1) is 0 Å². The van der Waals surface area contributed by atoms with Crippen molar-refractivity contribution < 1.29 is 14.6 Å². The van der Waals surface area contributed by atoms with Gasteiger partial charge in [0, 0.05) is 29.6 Å². The van der Waals surface area contributed by atoms with Crippen molar-refractivity contribution in [3.8, 4) is 5.75 Å². The number of nitrogens with zero attached hydrogens (tertiary/aromatic N) is 2. The highest BCUT2D eigenvalue weighted by Crippen LogP contribution is 2.65. The molecule has 5 heteroatoms. The van der Waals surface area contributed by atoms with Gasteiger partial charge in [0.25, 0.3) is 0 Å². The molecule has 2 bridgehead atoms. The van der Waals surface area contributed by atoms with Crippen molar-refractivity contribution in [2.45, 2.75) is 42.9 Å². The van der Waals surface area contributed by atoms with Crippen LogP contribution in [0.4, 0.5) is 5.69 Å². The first-order valence-electron chi connectivity index (χ1n) is 9.88. The average molecular weight is 350 g/mol. The highest BCUT2D eigenvalue weighted by atomic mass is 16.5. The molecule has 1 aromatic carbocycles. The van der Waals surface area contributed by atoms with E-state index < -0.39 is 0 Å². The molecule has 1 aromatic rings. The lowest BCUT2D eigenvalue weighted by molar-refractivity contribution is -0.132. The Labute approximate surface area is 152 Å². The zero-order valence-electron chi connectivity index (χ0n) is 14.6. The zero-order chi connectivity index (χ0) is 17.2.